The lowest BCUT2D eigenvalue weighted by molar-refractivity contribution is 0.0942. The van der Waals surface area contributed by atoms with E-state index in [1.54, 1.807) is 0 Å². The maximum Gasteiger partial charge on any atom is 0.267 e. The maximum absolute atomic E-state index is 11.7. The van der Waals surface area contributed by atoms with Gasteiger partial charge in [-0.3, -0.25) is 4.79 Å². The van der Waals surface area contributed by atoms with Gasteiger partial charge in [-0.1, -0.05) is 6.92 Å². The topological polar surface area (TPSA) is 46.1 Å². The first kappa shape index (κ1) is 11.8. The molecule has 1 aromatic rings. The molecule has 0 bridgehead atoms. The van der Waals surface area contributed by atoms with Crippen molar-refractivity contribution in [2.24, 2.45) is 7.05 Å². The summed E-state index contributed by atoms with van der Waals surface area (Å²) in [6.07, 6.45) is 1.86. The van der Waals surface area contributed by atoms with Crippen LogP contribution in [-0.4, -0.2) is 29.6 Å². The first-order valence-corrected chi connectivity index (χ1v) is 5.28. The lowest BCUT2D eigenvalue weighted by atomic mass is 10.3. The SMILES string of the molecule is CCN[C@H](C)CNC(=O)c1cccn1C. The van der Waals surface area contributed by atoms with Crippen LogP contribution >= 0.6 is 0 Å². The summed E-state index contributed by atoms with van der Waals surface area (Å²) in [5.74, 6) is -0.0211. The Morgan fingerprint density at radius 3 is 2.87 bits per heavy atom. The van der Waals surface area contributed by atoms with E-state index in [9.17, 15) is 4.79 Å². The summed E-state index contributed by atoms with van der Waals surface area (Å²) in [4.78, 5) is 11.7. The molecule has 1 heterocycles. The van der Waals surface area contributed by atoms with Gasteiger partial charge < -0.3 is 15.2 Å². The second-order valence-corrected chi connectivity index (χ2v) is 3.67. The molecule has 84 valence electrons. The van der Waals surface area contributed by atoms with Gasteiger partial charge in [0.05, 0.1) is 0 Å². The fraction of sp³-hybridized carbons (Fsp3) is 0.545. The highest BCUT2D eigenvalue weighted by molar-refractivity contribution is 5.92. The smallest absolute Gasteiger partial charge is 0.267 e. The van der Waals surface area contributed by atoms with Gasteiger partial charge in [-0.2, -0.15) is 0 Å². The highest BCUT2D eigenvalue weighted by atomic mass is 16.1. The lowest BCUT2D eigenvalue weighted by Gasteiger charge is -2.13. The molecule has 4 nitrogen and oxygen atoms in total. The van der Waals surface area contributed by atoms with Crippen molar-refractivity contribution in [3.63, 3.8) is 0 Å². The number of nitrogens with zero attached hydrogens (tertiary/aromatic N) is 1. The van der Waals surface area contributed by atoms with Crippen LogP contribution in [0.25, 0.3) is 0 Å². The molecule has 1 aromatic heterocycles. The van der Waals surface area contributed by atoms with Gasteiger partial charge >= 0.3 is 0 Å². The minimum atomic E-state index is -0.0211. The third-order valence-electron chi connectivity index (χ3n) is 2.30. The monoisotopic (exact) mass is 209 g/mol. The van der Waals surface area contributed by atoms with Gasteiger partial charge in [-0.25, -0.2) is 0 Å². The van der Waals surface area contributed by atoms with Crippen molar-refractivity contribution < 1.29 is 4.79 Å². The summed E-state index contributed by atoms with van der Waals surface area (Å²) < 4.78 is 1.81. The molecule has 4 heteroatoms. The number of likely N-dealkylation sites (N-methyl/N-ethyl adjacent to an activating group) is 1. The Balaban J connectivity index is 2.40. The zero-order valence-electron chi connectivity index (χ0n) is 9.58. The largest absolute Gasteiger partial charge is 0.349 e. The second-order valence-electron chi connectivity index (χ2n) is 3.67. The van der Waals surface area contributed by atoms with E-state index < -0.39 is 0 Å². The normalized spacial score (nSPS) is 12.5. The van der Waals surface area contributed by atoms with E-state index in [-0.39, 0.29) is 5.91 Å². The van der Waals surface area contributed by atoms with Crippen molar-refractivity contribution in [3.05, 3.63) is 24.0 Å². The third kappa shape index (κ3) is 3.40. The summed E-state index contributed by atoms with van der Waals surface area (Å²) in [5.41, 5.74) is 0.693. The van der Waals surface area contributed by atoms with Crippen molar-refractivity contribution in [1.29, 1.82) is 0 Å². The molecule has 1 atom stereocenters. The maximum atomic E-state index is 11.7. The Labute approximate surface area is 90.7 Å². The first-order chi connectivity index (χ1) is 7.15. The molecule has 0 spiro atoms. The molecule has 15 heavy (non-hydrogen) atoms. The number of aryl methyl sites for hydroxylation is 1. The highest BCUT2D eigenvalue weighted by Crippen LogP contribution is 1.98. The number of carbonyl (C=O) groups is 1. The molecule has 1 amide bonds. The molecule has 0 aliphatic rings. The standard InChI is InChI=1S/C11H19N3O/c1-4-12-9(2)8-13-11(15)10-6-5-7-14(10)3/h5-7,9,12H,4,8H2,1-3H3,(H,13,15)/t9-/m1/s1. The molecular weight excluding hydrogens is 190 g/mol. The van der Waals surface area contributed by atoms with Gasteiger partial charge in [0.2, 0.25) is 0 Å². The quantitative estimate of drug-likeness (QED) is 0.752. The van der Waals surface area contributed by atoms with Crippen molar-refractivity contribution in [2.45, 2.75) is 19.9 Å². The van der Waals surface area contributed by atoms with Gasteiger partial charge in [0.1, 0.15) is 5.69 Å². The van der Waals surface area contributed by atoms with E-state index in [1.165, 1.54) is 0 Å². The minimum Gasteiger partial charge on any atom is -0.349 e. The van der Waals surface area contributed by atoms with E-state index in [4.69, 9.17) is 0 Å². The molecule has 0 aliphatic heterocycles. The van der Waals surface area contributed by atoms with Crippen LogP contribution in [0.3, 0.4) is 0 Å². The Kier molecular flexibility index (Phi) is 4.37. The van der Waals surface area contributed by atoms with E-state index in [2.05, 4.69) is 24.5 Å². The number of nitrogens with one attached hydrogen (secondary N) is 2. The molecule has 0 unspecified atom stereocenters. The summed E-state index contributed by atoms with van der Waals surface area (Å²) in [7, 11) is 1.86. The highest BCUT2D eigenvalue weighted by Gasteiger charge is 2.09. The Bertz CT molecular complexity index is 319. The second kappa shape index (κ2) is 5.56. The van der Waals surface area contributed by atoms with Crippen LogP contribution in [0.1, 0.15) is 24.3 Å². The van der Waals surface area contributed by atoms with Gasteiger partial charge in [0.15, 0.2) is 0 Å². The zero-order valence-corrected chi connectivity index (χ0v) is 9.58. The van der Waals surface area contributed by atoms with E-state index >= 15 is 0 Å². The minimum absolute atomic E-state index is 0.0211. The van der Waals surface area contributed by atoms with Crippen LogP contribution in [0.4, 0.5) is 0 Å². The predicted octanol–water partition coefficient (Wildman–Crippen LogP) is 0.753. The molecular formula is C11H19N3O. The molecule has 0 aliphatic carbocycles. The Hall–Kier alpha value is -1.29. The van der Waals surface area contributed by atoms with Gasteiger partial charge in [-0.15, -0.1) is 0 Å². The van der Waals surface area contributed by atoms with Crippen LogP contribution in [-0.2, 0) is 7.05 Å². The number of rotatable bonds is 5. The first-order valence-electron chi connectivity index (χ1n) is 5.28. The van der Waals surface area contributed by atoms with E-state index in [0.717, 1.165) is 6.54 Å². The number of aromatic nitrogens is 1. The summed E-state index contributed by atoms with van der Waals surface area (Å²) >= 11 is 0. The Morgan fingerprint density at radius 1 is 1.60 bits per heavy atom. The van der Waals surface area contributed by atoms with Crippen molar-refractivity contribution in [2.75, 3.05) is 13.1 Å². The van der Waals surface area contributed by atoms with Crippen molar-refractivity contribution in [3.8, 4) is 0 Å². The Morgan fingerprint density at radius 2 is 2.33 bits per heavy atom. The molecule has 1 rings (SSSR count). The van der Waals surface area contributed by atoms with Crippen molar-refractivity contribution in [1.82, 2.24) is 15.2 Å². The molecule has 0 saturated carbocycles. The number of hydrogen-bond acceptors (Lipinski definition) is 2. The van der Waals surface area contributed by atoms with E-state index in [0.29, 0.717) is 18.3 Å². The summed E-state index contributed by atoms with van der Waals surface area (Å²) in [5, 5.41) is 6.13. The predicted molar refractivity (Wildman–Crippen MR) is 60.9 cm³/mol. The van der Waals surface area contributed by atoms with Crippen molar-refractivity contribution >= 4 is 5.91 Å². The fourth-order valence-corrected chi connectivity index (χ4v) is 1.45. The molecule has 0 aromatic carbocycles. The number of carbonyl (C=O) groups excluding carboxylic acids is 1. The molecule has 2 N–H and O–H groups in total. The van der Waals surface area contributed by atoms with Crippen LogP contribution in [0, 0.1) is 0 Å². The summed E-state index contributed by atoms with van der Waals surface area (Å²) in [6, 6.07) is 3.98. The average molecular weight is 209 g/mol. The van der Waals surface area contributed by atoms with Gasteiger partial charge in [-0.05, 0) is 25.6 Å². The number of hydrogen-bond donors (Lipinski definition) is 2. The van der Waals surface area contributed by atoms with Gasteiger partial charge in [0, 0.05) is 25.8 Å². The average Bonchev–Trinajstić information content (AvgIpc) is 2.61. The number of amides is 1. The molecule has 0 radical (unpaired) electrons. The molecule has 0 fully saturated rings. The van der Waals surface area contributed by atoms with Gasteiger partial charge in [0.25, 0.3) is 5.91 Å². The van der Waals surface area contributed by atoms with Crippen LogP contribution in [0.15, 0.2) is 18.3 Å². The lowest BCUT2D eigenvalue weighted by Crippen LogP contribution is -2.39. The van der Waals surface area contributed by atoms with E-state index in [1.807, 2.05) is 29.9 Å². The fourth-order valence-electron chi connectivity index (χ4n) is 1.45. The van der Waals surface area contributed by atoms with Crippen LogP contribution in [0.2, 0.25) is 0 Å². The van der Waals surface area contributed by atoms with Crippen LogP contribution < -0.4 is 10.6 Å². The zero-order chi connectivity index (χ0) is 11.3. The third-order valence-corrected chi connectivity index (χ3v) is 2.30. The molecule has 0 saturated heterocycles. The summed E-state index contributed by atoms with van der Waals surface area (Å²) in [6.45, 7) is 5.67. The van der Waals surface area contributed by atoms with Crippen LogP contribution in [0.5, 0.6) is 0 Å².